The van der Waals surface area contributed by atoms with E-state index in [1.54, 1.807) is 17.0 Å². The monoisotopic (exact) mass is 1130 g/mol. The number of amides is 2. The van der Waals surface area contributed by atoms with Gasteiger partial charge in [-0.05, 0) is 107 Å². The summed E-state index contributed by atoms with van der Waals surface area (Å²) in [6.45, 7) is 9.40. The van der Waals surface area contributed by atoms with Crippen molar-refractivity contribution in [3.05, 3.63) is 76.4 Å². The highest BCUT2D eigenvalue weighted by atomic mass is 19.4. The number of phenols is 2. The number of hydrogen-bond acceptors (Lipinski definition) is 16. The molecule has 9 heterocycles. The molecule has 2 aromatic heterocycles. The Morgan fingerprint density at radius 2 is 1.37 bits per heavy atom. The number of aryl methyl sites for hydroxylation is 1. The molecule has 7 aliphatic heterocycles. The van der Waals surface area contributed by atoms with E-state index in [1.165, 1.54) is 12.1 Å². The second kappa shape index (κ2) is 21.4. The SMILES string of the molecule is CCc1c(F)ccc2cc(O)cc(N3Cc4nc(OCC56CCCN5CC(F)C6)nc(N(CC)C5CC5)c4C3=O)c12.O=C1c2c(nc(OCC34CCCN3CC(F)C4)nc2N2CCCOCC2)CN1c1cc(O)ccc1OC(F)(F)F. The molecule has 6 fully saturated rings. The number of carbonyl (C=O) groups is 2. The lowest BCUT2D eigenvalue weighted by Gasteiger charge is -2.31. The minimum atomic E-state index is -5.01. The second-order valence-electron chi connectivity index (χ2n) is 22.4. The van der Waals surface area contributed by atoms with Crippen molar-refractivity contribution in [1.82, 2.24) is 29.7 Å². The number of hydrogen-bond donors (Lipinski definition) is 2. The van der Waals surface area contributed by atoms with Gasteiger partial charge in [-0.25, -0.2) is 13.2 Å². The van der Waals surface area contributed by atoms with Gasteiger partial charge in [0.2, 0.25) is 0 Å². The number of alkyl halides is 5. The van der Waals surface area contributed by atoms with Crippen LogP contribution in [0.2, 0.25) is 0 Å². The maximum absolute atomic E-state index is 14.9. The van der Waals surface area contributed by atoms with Crippen LogP contribution in [0.3, 0.4) is 0 Å². The summed E-state index contributed by atoms with van der Waals surface area (Å²) in [5.41, 5.74) is 1.27. The van der Waals surface area contributed by atoms with Crippen LogP contribution in [-0.2, 0) is 24.2 Å². The van der Waals surface area contributed by atoms with Crippen LogP contribution in [0, 0.1) is 5.82 Å². The summed E-state index contributed by atoms with van der Waals surface area (Å²) in [4.78, 5) is 57.4. The third-order valence-corrected chi connectivity index (χ3v) is 17.2. The zero-order valence-electron chi connectivity index (χ0n) is 45.1. The van der Waals surface area contributed by atoms with E-state index in [9.17, 15) is 46.1 Å². The van der Waals surface area contributed by atoms with Crippen molar-refractivity contribution in [2.24, 2.45) is 0 Å². The van der Waals surface area contributed by atoms with Gasteiger partial charge in [-0.3, -0.25) is 24.3 Å². The predicted molar refractivity (Wildman–Crippen MR) is 286 cm³/mol. The maximum Gasteiger partial charge on any atom is 0.573 e. The normalized spacial score (nSPS) is 24.5. The molecule has 1 aliphatic carbocycles. The molecule has 1 saturated carbocycles. The number of aromatic hydroxyl groups is 2. The van der Waals surface area contributed by atoms with Gasteiger partial charge >= 0.3 is 18.4 Å². The summed E-state index contributed by atoms with van der Waals surface area (Å²) >= 11 is 0. The number of fused-ring (bicyclic) bond motifs is 5. The highest BCUT2D eigenvalue weighted by molar-refractivity contribution is 6.17. The van der Waals surface area contributed by atoms with Crippen LogP contribution < -0.4 is 33.8 Å². The number of rotatable bonds is 14. The van der Waals surface area contributed by atoms with E-state index in [1.807, 2.05) is 18.7 Å². The number of aromatic nitrogens is 4. The number of ether oxygens (including phenoxy) is 4. The van der Waals surface area contributed by atoms with Crippen LogP contribution in [0.4, 0.5) is 49.4 Å². The van der Waals surface area contributed by atoms with Crippen LogP contribution in [-0.4, -0.2) is 160 Å². The highest BCUT2D eigenvalue weighted by Gasteiger charge is 2.51. The Morgan fingerprint density at radius 3 is 2.01 bits per heavy atom. The Balaban J connectivity index is 0.000000161. The van der Waals surface area contributed by atoms with Crippen molar-refractivity contribution in [3.63, 3.8) is 0 Å². The second-order valence-corrected chi connectivity index (χ2v) is 22.4. The van der Waals surface area contributed by atoms with Crippen molar-refractivity contribution >= 4 is 45.6 Å². The fraction of sp³-hybridized carbons (Fsp3) is 0.544. The lowest BCUT2D eigenvalue weighted by atomic mass is 9.95. The first-order valence-corrected chi connectivity index (χ1v) is 28.1. The number of nitrogens with zero attached hydrogens (tertiary/aromatic N) is 10. The van der Waals surface area contributed by atoms with Gasteiger partial charge in [-0.2, -0.15) is 19.9 Å². The molecule has 0 radical (unpaired) electrons. The fourth-order valence-corrected chi connectivity index (χ4v) is 13.5. The van der Waals surface area contributed by atoms with E-state index in [-0.39, 0.29) is 77.4 Å². The quantitative estimate of drug-likeness (QED) is 0.101. The van der Waals surface area contributed by atoms with Gasteiger partial charge < -0.3 is 43.9 Å². The van der Waals surface area contributed by atoms with E-state index in [0.717, 1.165) is 74.7 Å². The topological polar surface area (TPSA) is 183 Å². The van der Waals surface area contributed by atoms with E-state index in [0.29, 0.717) is 129 Å². The van der Waals surface area contributed by atoms with Crippen LogP contribution in [0.25, 0.3) is 10.8 Å². The van der Waals surface area contributed by atoms with Gasteiger partial charge in [0.05, 0.1) is 53.5 Å². The lowest BCUT2D eigenvalue weighted by molar-refractivity contribution is -0.274. The zero-order valence-corrected chi connectivity index (χ0v) is 45.1. The van der Waals surface area contributed by atoms with E-state index in [4.69, 9.17) is 24.2 Å². The summed E-state index contributed by atoms with van der Waals surface area (Å²) in [5, 5.41) is 21.9. The van der Waals surface area contributed by atoms with Crippen molar-refractivity contribution in [2.45, 2.75) is 127 Å². The standard InChI is InChI=1S/C31H35F2N5O3.C26H29F4N5O5/c1-3-22-23(33)9-6-18-12-21(39)13-25(26(18)22)38-16-24-27(29(38)40)28(37(4-2)20-7-8-20)35-30(34-24)41-17-31-10-5-11-36(31)15-19(32)14-31;27-16-12-25(5-1-7-34(25)13-16)15-39-24-31-18-14-35(19-11-17(36)3-4-20(19)40-26(28,29)30)23(37)21(18)22(32-24)33-6-2-9-38-10-8-33/h6,9,12-13,19-20,39H,3-5,7-8,10-11,14-17H2,1-2H3;3-4,11,16,36H,1-2,5-10,12-15H2. The maximum atomic E-state index is 14.9. The number of anilines is 4. The Kier molecular flexibility index (Phi) is 14.5. The zero-order chi connectivity index (χ0) is 56.5. The average molecular weight is 1130 g/mol. The van der Waals surface area contributed by atoms with Gasteiger partial charge in [0.1, 0.15) is 65.6 Å². The lowest BCUT2D eigenvalue weighted by Crippen LogP contribution is -2.43. The van der Waals surface area contributed by atoms with Gasteiger partial charge in [-0.15, -0.1) is 13.2 Å². The van der Waals surface area contributed by atoms with Gasteiger partial charge in [-0.1, -0.05) is 13.0 Å². The van der Waals surface area contributed by atoms with Crippen LogP contribution in [0.15, 0.2) is 42.5 Å². The van der Waals surface area contributed by atoms with Crippen LogP contribution in [0.1, 0.15) is 109 Å². The minimum Gasteiger partial charge on any atom is -0.508 e. The average Bonchev–Trinajstić information content (AvgIpc) is 3.84. The predicted octanol–water partition coefficient (Wildman–Crippen LogP) is 8.56. The molecule has 4 atom stereocenters. The molecule has 432 valence electrons. The van der Waals surface area contributed by atoms with Crippen molar-refractivity contribution in [3.8, 4) is 29.3 Å². The molecule has 24 heteroatoms. The molecule has 3 aromatic carbocycles. The molecule has 13 rings (SSSR count). The molecule has 18 nitrogen and oxygen atoms in total. The number of phenolic OH excluding ortho intramolecular Hbond substituents is 2. The molecule has 2 N–H and O–H groups in total. The van der Waals surface area contributed by atoms with Crippen molar-refractivity contribution < 1.29 is 65.1 Å². The Labute approximate surface area is 463 Å². The molecule has 0 bridgehead atoms. The summed E-state index contributed by atoms with van der Waals surface area (Å²) in [6.07, 6.45) is 0.785. The molecule has 4 unspecified atom stereocenters. The van der Waals surface area contributed by atoms with E-state index < -0.39 is 35.9 Å². The third kappa shape index (κ3) is 10.4. The third-order valence-electron chi connectivity index (χ3n) is 17.2. The summed E-state index contributed by atoms with van der Waals surface area (Å²) in [5.74, 6) is -1.39. The van der Waals surface area contributed by atoms with Gasteiger partial charge in [0.15, 0.2) is 5.75 Å². The van der Waals surface area contributed by atoms with Gasteiger partial charge in [0.25, 0.3) is 11.8 Å². The van der Waals surface area contributed by atoms with E-state index >= 15 is 0 Å². The van der Waals surface area contributed by atoms with Gasteiger partial charge in [0, 0.05) is 75.7 Å². The summed E-state index contributed by atoms with van der Waals surface area (Å²) in [7, 11) is 0. The molecule has 81 heavy (non-hydrogen) atoms. The van der Waals surface area contributed by atoms with Crippen LogP contribution >= 0.6 is 0 Å². The first-order valence-electron chi connectivity index (χ1n) is 28.1. The first-order chi connectivity index (χ1) is 38.9. The Morgan fingerprint density at radius 1 is 0.741 bits per heavy atom. The number of carbonyl (C=O) groups excluding carboxylic acids is 2. The highest BCUT2D eigenvalue weighted by Crippen LogP contribution is 2.46. The molecular weight excluding hydrogens is 1070 g/mol. The molecule has 5 aromatic rings. The van der Waals surface area contributed by atoms with Crippen LogP contribution in [0.5, 0.6) is 29.3 Å². The summed E-state index contributed by atoms with van der Waals surface area (Å²) in [6, 6.07) is 9.67. The smallest absolute Gasteiger partial charge is 0.508 e. The van der Waals surface area contributed by atoms with Crippen molar-refractivity contribution in [2.75, 3.05) is 91.8 Å². The summed E-state index contributed by atoms with van der Waals surface area (Å²) < 4.78 is 105. The Bertz CT molecular complexity index is 3260. The Hall–Kier alpha value is -6.92. The molecular formula is C57H64F6N10O8. The molecule has 2 amide bonds. The van der Waals surface area contributed by atoms with E-state index in [2.05, 4.69) is 29.4 Å². The molecule has 5 saturated heterocycles. The molecule has 0 spiro atoms. The van der Waals surface area contributed by atoms with Crippen molar-refractivity contribution in [1.29, 1.82) is 0 Å². The minimum absolute atomic E-state index is 0.00322. The number of benzene rings is 3. The fourth-order valence-electron chi connectivity index (χ4n) is 13.5. The molecule has 8 aliphatic rings. The largest absolute Gasteiger partial charge is 0.573 e. The first kappa shape index (κ1) is 54.7. The number of halogens is 6.